The van der Waals surface area contributed by atoms with Gasteiger partial charge in [0.05, 0.1) is 12.3 Å². The maximum Gasteiger partial charge on any atom is 0.253 e. The number of nitrogens with two attached hydrogens (primary N) is 1. The number of carbonyl (C=O) groups is 2. The van der Waals surface area contributed by atoms with E-state index in [2.05, 4.69) is 5.32 Å². The Morgan fingerprint density at radius 3 is 2.64 bits per heavy atom. The van der Waals surface area contributed by atoms with Gasteiger partial charge in [-0.1, -0.05) is 6.42 Å². The molecule has 25 heavy (non-hydrogen) atoms. The molecule has 7 heteroatoms. The Hall–Kier alpha value is -1.79. The van der Waals surface area contributed by atoms with Crippen molar-refractivity contribution in [3.8, 4) is 5.75 Å². The van der Waals surface area contributed by atoms with Crippen molar-refractivity contribution in [2.75, 3.05) is 26.0 Å². The van der Waals surface area contributed by atoms with Crippen LogP contribution >= 0.6 is 12.4 Å². The molecule has 0 spiro atoms. The third kappa shape index (κ3) is 5.61. The molecule has 2 rings (SSSR count). The average molecular weight is 370 g/mol. The molecule has 1 aliphatic carbocycles. The number of nitrogens with one attached hydrogen (secondary N) is 1. The van der Waals surface area contributed by atoms with E-state index >= 15 is 0 Å². The molecular formula is C18H28ClN3O3. The zero-order valence-corrected chi connectivity index (χ0v) is 15.9. The molecule has 1 aromatic rings. The first-order chi connectivity index (χ1) is 11.4. The van der Waals surface area contributed by atoms with E-state index in [4.69, 9.17) is 10.5 Å². The van der Waals surface area contributed by atoms with E-state index < -0.39 is 0 Å². The lowest BCUT2D eigenvalue weighted by Crippen LogP contribution is -2.34. The zero-order valence-electron chi connectivity index (χ0n) is 15.1. The monoisotopic (exact) mass is 369 g/mol. The third-order valence-electron chi connectivity index (χ3n) is 4.28. The van der Waals surface area contributed by atoms with Gasteiger partial charge in [-0.3, -0.25) is 9.59 Å². The van der Waals surface area contributed by atoms with Crippen molar-refractivity contribution in [1.29, 1.82) is 0 Å². The lowest BCUT2D eigenvalue weighted by Gasteiger charge is -2.26. The highest BCUT2D eigenvalue weighted by Crippen LogP contribution is 2.29. The number of halogens is 1. The summed E-state index contributed by atoms with van der Waals surface area (Å²) in [7, 11) is 3.40. The van der Waals surface area contributed by atoms with Gasteiger partial charge in [0.2, 0.25) is 5.91 Å². The normalized spacial score (nSPS) is 19.5. The molecule has 0 heterocycles. The maximum atomic E-state index is 12.5. The summed E-state index contributed by atoms with van der Waals surface area (Å²) in [6.45, 7) is 2.32. The summed E-state index contributed by atoms with van der Waals surface area (Å²) in [4.78, 5) is 26.1. The average Bonchev–Trinajstić information content (AvgIpc) is 2.55. The van der Waals surface area contributed by atoms with E-state index in [0.717, 1.165) is 19.3 Å². The van der Waals surface area contributed by atoms with Gasteiger partial charge in [-0.05, 0) is 44.4 Å². The maximum absolute atomic E-state index is 12.5. The summed E-state index contributed by atoms with van der Waals surface area (Å²) >= 11 is 0. The minimum atomic E-state index is -0.105. The molecule has 3 N–H and O–H groups in total. The molecule has 2 amide bonds. The smallest absolute Gasteiger partial charge is 0.253 e. The fraction of sp³-hybridized carbons (Fsp3) is 0.556. The van der Waals surface area contributed by atoms with Crippen LogP contribution in [0.25, 0.3) is 0 Å². The molecule has 2 unspecified atom stereocenters. The molecule has 1 aromatic carbocycles. The Labute approximate surface area is 155 Å². The molecule has 140 valence electrons. The van der Waals surface area contributed by atoms with Gasteiger partial charge in [0.15, 0.2) is 0 Å². The van der Waals surface area contributed by atoms with Crippen LogP contribution in [0.3, 0.4) is 0 Å². The molecule has 1 aliphatic rings. The van der Waals surface area contributed by atoms with E-state index in [-0.39, 0.29) is 36.2 Å². The molecule has 1 fully saturated rings. The molecular weight excluding hydrogens is 342 g/mol. The van der Waals surface area contributed by atoms with Crippen LogP contribution in [0.4, 0.5) is 5.69 Å². The van der Waals surface area contributed by atoms with Gasteiger partial charge >= 0.3 is 0 Å². The number of carbonyl (C=O) groups excluding carboxylic acids is 2. The first kappa shape index (κ1) is 21.3. The fourth-order valence-electron chi connectivity index (χ4n) is 2.99. The van der Waals surface area contributed by atoms with Crippen LogP contribution in [0, 0.1) is 5.92 Å². The molecule has 0 aliphatic heterocycles. The number of hydrogen-bond donors (Lipinski definition) is 2. The molecule has 2 atom stereocenters. The molecule has 0 aromatic heterocycles. The van der Waals surface area contributed by atoms with E-state index in [1.54, 1.807) is 32.3 Å². The van der Waals surface area contributed by atoms with Crippen molar-refractivity contribution in [2.45, 2.75) is 38.6 Å². The standard InChI is InChI=1S/C18H27N3O3.ClH/c1-4-24-16-11-13(18(23)21(2)3)8-9-15(16)20-17(22)12-6-5-7-14(19)10-12;/h8-9,11-12,14H,4-7,10,19H2,1-3H3,(H,20,22);1H. The number of hydrogen-bond acceptors (Lipinski definition) is 4. The number of benzene rings is 1. The first-order valence-electron chi connectivity index (χ1n) is 8.47. The van der Waals surface area contributed by atoms with Gasteiger partial charge in [-0.25, -0.2) is 0 Å². The van der Waals surface area contributed by atoms with E-state index in [9.17, 15) is 9.59 Å². The second kappa shape index (κ2) is 9.63. The quantitative estimate of drug-likeness (QED) is 0.835. The summed E-state index contributed by atoms with van der Waals surface area (Å²) in [5.41, 5.74) is 7.09. The van der Waals surface area contributed by atoms with Crippen LogP contribution in [0.5, 0.6) is 5.75 Å². The van der Waals surface area contributed by atoms with Gasteiger partial charge in [-0.2, -0.15) is 0 Å². The predicted molar refractivity (Wildman–Crippen MR) is 101 cm³/mol. The van der Waals surface area contributed by atoms with Crippen molar-refractivity contribution in [3.63, 3.8) is 0 Å². The van der Waals surface area contributed by atoms with E-state index in [0.29, 0.717) is 30.0 Å². The van der Waals surface area contributed by atoms with Crippen LogP contribution in [-0.4, -0.2) is 43.5 Å². The second-order valence-corrected chi connectivity index (χ2v) is 6.46. The Bertz CT molecular complexity index is 607. The highest BCUT2D eigenvalue weighted by molar-refractivity contribution is 5.97. The van der Waals surface area contributed by atoms with Gasteiger partial charge in [-0.15, -0.1) is 12.4 Å². The van der Waals surface area contributed by atoms with Crippen LogP contribution in [0.2, 0.25) is 0 Å². The van der Waals surface area contributed by atoms with Gasteiger partial charge < -0.3 is 20.7 Å². The van der Waals surface area contributed by atoms with Crippen LogP contribution in [0.1, 0.15) is 43.0 Å². The highest BCUT2D eigenvalue weighted by Gasteiger charge is 2.26. The SMILES string of the molecule is CCOc1cc(C(=O)N(C)C)ccc1NC(=O)C1CCCC(N)C1.Cl. The van der Waals surface area contributed by atoms with Crippen molar-refractivity contribution in [2.24, 2.45) is 11.7 Å². The second-order valence-electron chi connectivity index (χ2n) is 6.46. The molecule has 1 saturated carbocycles. The number of ether oxygens (including phenoxy) is 1. The molecule has 6 nitrogen and oxygen atoms in total. The predicted octanol–water partition coefficient (Wildman–Crippen LogP) is 2.66. The van der Waals surface area contributed by atoms with Crippen molar-refractivity contribution >= 4 is 29.9 Å². The third-order valence-corrected chi connectivity index (χ3v) is 4.28. The minimum Gasteiger partial charge on any atom is -0.492 e. The van der Waals surface area contributed by atoms with Gasteiger partial charge in [0.25, 0.3) is 5.91 Å². The largest absolute Gasteiger partial charge is 0.492 e. The fourth-order valence-corrected chi connectivity index (χ4v) is 2.99. The molecule has 0 saturated heterocycles. The molecule has 0 bridgehead atoms. The topological polar surface area (TPSA) is 84.7 Å². The number of rotatable bonds is 5. The summed E-state index contributed by atoms with van der Waals surface area (Å²) < 4.78 is 5.61. The Morgan fingerprint density at radius 1 is 1.32 bits per heavy atom. The first-order valence-corrected chi connectivity index (χ1v) is 8.47. The Morgan fingerprint density at radius 2 is 2.04 bits per heavy atom. The Balaban J connectivity index is 0.00000312. The lowest BCUT2D eigenvalue weighted by molar-refractivity contribution is -0.120. The summed E-state index contributed by atoms with van der Waals surface area (Å²) in [6.07, 6.45) is 3.54. The minimum absolute atomic E-state index is 0. The van der Waals surface area contributed by atoms with E-state index in [1.165, 1.54) is 4.90 Å². The van der Waals surface area contributed by atoms with Crippen molar-refractivity contribution in [3.05, 3.63) is 23.8 Å². The summed E-state index contributed by atoms with van der Waals surface area (Å²) in [5.74, 6) is 0.315. The summed E-state index contributed by atoms with van der Waals surface area (Å²) in [5, 5.41) is 2.94. The van der Waals surface area contributed by atoms with Gasteiger partial charge in [0.1, 0.15) is 5.75 Å². The lowest BCUT2D eigenvalue weighted by atomic mass is 9.85. The number of anilines is 1. The molecule has 0 radical (unpaired) electrons. The van der Waals surface area contributed by atoms with Gasteiger partial charge in [0, 0.05) is 31.6 Å². The Kier molecular flexibility index (Phi) is 8.19. The number of amides is 2. The summed E-state index contributed by atoms with van der Waals surface area (Å²) in [6, 6.07) is 5.20. The van der Waals surface area contributed by atoms with Crippen molar-refractivity contribution < 1.29 is 14.3 Å². The number of nitrogens with zero attached hydrogens (tertiary/aromatic N) is 1. The van der Waals surface area contributed by atoms with Crippen molar-refractivity contribution in [1.82, 2.24) is 4.90 Å². The van der Waals surface area contributed by atoms with Crippen LogP contribution in [0.15, 0.2) is 18.2 Å². The van der Waals surface area contributed by atoms with Crippen LogP contribution in [-0.2, 0) is 4.79 Å². The van der Waals surface area contributed by atoms with Crippen LogP contribution < -0.4 is 15.8 Å². The van der Waals surface area contributed by atoms with E-state index in [1.807, 2.05) is 6.92 Å². The zero-order chi connectivity index (χ0) is 17.7. The highest BCUT2D eigenvalue weighted by atomic mass is 35.5.